The van der Waals surface area contributed by atoms with Crippen LogP contribution in [0.2, 0.25) is 0 Å². The van der Waals surface area contributed by atoms with Crippen molar-refractivity contribution in [2.45, 2.75) is 44.0 Å². The van der Waals surface area contributed by atoms with Gasteiger partial charge >= 0.3 is 6.18 Å². The molecule has 2 atom stereocenters. The van der Waals surface area contributed by atoms with Gasteiger partial charge in [0, 0.05) is 31.0 Å². The van der Waals surface area contributed by atoms with E-state index in [1.165, 1.54) is 39.7 Å². The molecule has 208 valence electrons. The van der Waals surface area contributed by atoms with Gasteiger partial charge in [-0.1, -0.05) is 36.3 Å². The van der Waals surface area contributed by atoms with E-state index < -0.39 is 34.1 Å². The van der Waals surface area contributed by atoms with Crippen molar-refractivity contribution in [1.82, 2.24) is 14.1 Å². The normalized spacial score (nSPS) is 19.5. The van der Waals surface area contributed by atoms with Crippen molar-refractivity contribution in [3.8, 4) is 5.69 Å². The number of alkyl halides is 3. The molecule has 1 N–H and O–H groups in total. The summed E-state index contributed by atoms with van der Waals surface area (Å²) in [5.74, 6) is -1.00. The molecule has 39 heavy (non-hydrogen) atoms. The van der Waals surface area contributed by atoms with Gasteiger partial charge in [0.2, 0.25) is 10.0 Å². The van der Waals surface area contributed by atoms with Gasteiger partial charge < -0.3 is 5.11 Å². The molecule has 3 aromatic rings. The maximum absolute atomic E-state index is 13.4. The summed E-state index contributed by atoms with van der Waals surface area (Å²) in [6.45, 7) is 1.68. The molecule has 0 saturated heterocycles. The van der Waals surface area contributed by atoms with Crippen LogP contribution in [0.4, 0.5) is 17.6 Å². The molecule has 0 unspecified atom stereocenters. The molecule has 5 rings (SSSR count). The largest absolute Gasteiger partial charge is 0.416 e. The van der Waals surface area contributed by atoms with Crippen LogP contribution in [-0.2, 0) is 28.4 Å². The highest BCUT2D eigenvalue weighted by molar-refractivity contribution is 7.88. The van der Waals surface area contributed by atoms with Gasteiger partial charge in [0.15, 0.2) is 0 Å². The van der Waals surface area contributed by atoms with Crippen molar-refractivity contribution in [3.63, 3.8) is 0 Å². The number of aliphatic hydroxyl groups excluding tert-OH is 1. The zero-order chi connectivity index (χ0) is 27.9. The predicted molar refractivity (Wildman–Crippen MR) is 138 cm³/mol. The van der Waals surface area contributed by atoms with Crippen molar-refractivity contribution in [3.05, 3.63) is 94.1 Å². The number of halogens is 4. The number of hydrogen-bond acceptors (Lipinski definition) is 4. The molecule has 2 aliphatic carbocycles. The van der Waals surface area contributed by atoms with E-state index in [2.05, 4.69) is 12.0 Å². The van der Waals surface area contributed by atoms with E-state index in [1.807, 2.05) is 4.68 Å². The number of sulfonamides is 1. The lowest BCUT2D eigenvalue weighted by atomic mass is 9.80. The van der Waals surface area contributed by atoms with Crippen molar-refractivity contribution < 1.29 is 31.1 Å². The highest BCUT2D eigenvalue weighted by Gasteiger charge is 2.38. The third kappa shape index (κ3) is 5.53. The van der Waals surface area contributed by atoms with E-state index in [9.17, 15) is 31.1 Å². The van der Waals surface area contributed by atoms with E-state index in [-0.39, 0.29) is 36.3 Å². The third-order valence-electron chi connectivity index (χ3n) is 7.70. The smallest absolute Gasteiger partial charge is 0.395 e. The Labute approximate surface area is 224 Å². The number of nitrogens with zero attached hydrogens (tertiary/aromatic N) is 3. The van der Waals surface area contributed by atoms with Gasteiger partial charge in [-0.3, -0.25) is 0 Å². The minimum atomic E-state index is -4.57. The molecule has 0 fully saturated rings. The third-order valence-corrected chi connectivity index (χ3v) is 9.52. The zero-order valence-electron chi connectivity index (χ0n) is 21.3. The number of allylic oxidation sites excluding steroid dienone is 1. The highest BCUT2D eigenvalue weighted by atomic mass is 32.2. The molecular formula is C28H29F4N3O3S. The summed E-state index contributed by atoms with van der Waals surface area (Å²) in [7, 11) is -4.00. The summed E-state index contributed by atoms with van der Waals surface area (Å²) in [5.41, 5.74) is 4.36. The molecule has 0 radical (unpaired) electrons. The van der Waals surface area contributed by atoms with Crippen molar-refractivity contribution in [1.29, 1.82) is 0 Å². The van der Waals surface area contributed by atoms with Crippen molar-refractivity contribution >= 4 is 10.0 Å². The second-order valence-corrected chi connectivity index (χ2v) is 12.1. The SMILES string of the molecule is C[C@@H]1C2=C(CC[C@@H]2CN(CCO)S(=O)(=O)Cc2cccc(C(F)(F)F)c2)Cc2c1cnn2-c1ccc(F)cc1. The molecular weight excluding hydrogens is 534 g/mol. The van der Waals surface area contributed by atoms with Gasteiger partial charge in [0.25, 0.3) is 0 Å². The second-order valence-electron chi connectivity index (χ2n) is 10.2. The van der Waals surface area contributed by atoms with E-state index in [0.29, 0.717) is 6.42 Å². The Balaban J connectivity index is 1.37. The van der Waals surface area contributed by atoms with Gasteiger partial charge in [-0.2, -0.15) is 22.6 Å². The van der Waals surface area contributed by atoms with Crippen LogP contribution in [0.1, 0.15) is 48.1 Å². The van der Waals surface area contributed by atoms with Gasteiger partial charge in [-0.05, 0) is 54.7 Å². The van der Waals surface area contributed by atoms with Crippen LogP contribution in [-0.4, -0.2) is 47.3 Å². The maximum Gasteiger partial charge on any atom is 0.416 e. The van der Waals surface area contributed by atoms with Crippen LogP contribution in [0.5, 0.6) is 0 Å². The van der Waals surface area contributed by atoms with Gasteiger partial charge in [-0.25, -0.2) is 17.5 Å². The van der Waals surface area contributed by atoms with Crippen molar-refractivity contribution in [2.75, 3.05) is 19.7 Å². The van der Waals surface area contributed by atoms with E-state index in [1.54, 1.807) is 18.3 Å². The fourth-order valence-corrected chi connectivity index (χ4v) is 7.47. The van der Waals surface area contributed by atoms with E-state index >= 15 is 0 Å². The second kappa shape index (κ2) is 10.5. The topological polar surface area (TPSA) is 75.4 Å². The number of fused-ring (bicyclic) bond motifs is 1. The summed E-state index contributed by atoms with van der Waals surface area (Å²) >= 11 is 0. The maximum atomic E-state index is 13.4. The Bertz CT molecular complexity index is 1500. The molecule has 0 saturated carbocycles. The first kappa shape index (κ1) is 27.5. The number of aliphatic hydroxyl groups is 1. The lowest BCUT2D eigenvalue weighted by Crippen LogP contribution is -2.38. The molecule has 2 aromatic carbocycles. The molecule has 0 amide bonds. The summed E-state index contributed by atoms with van der Waals surface area (Å²) in [6, 6.07) is 10.5. The fraction of sp³-hybridized carbons (Fsp3) is 0.393. The highest BCUT2D eigenvalue weighted by Crippen LogP contribution is 2.47. The lowest BCUT2D eigenvalue weighted by molar-refractivity contribution is -0.137. The summed E-state index contributed by atoms with van der Waals surface area (Å²) < 4.78 is 82.6. The Morgan fingerprint density at radius 2 is 1.90 bits per heavy atom. The standard InChI is InChI=1S/C28H29F4N3O3S/c1-18-25-15-33-35(24-9-7-23(29)8-10-24)26(25)14-20-5-6-21(27(18)20)16-34(11-12-36)39(37,38)17-19-3-2-4-22(13-19)28(30,31)32/h2-4,7-10,13,15,18,21,36H,5-6,11-12,14,16-17H2,1H3/t18-,21+/m0/s1. The van der Waals surface area contributed by atoms with Crippen LogP contribution in [0.3, 0.4) is 0 Å². The van der Waals surface area contributed by atoms with Gasteiger partial charge in [-0.15, -0.1) is 0 Å². The summed E-state index contributed by atoms with van der Waals surface area (Å²) in [5, 5.41) is 14.2. The summed E-state index contributed by atoms with van der Waals surface area (Å²) in [6.07, 6.45) is -0.584. The molecule has 0 spiro atoms. The predicted octanol–water partition coefficient (Wildman–Crippen LogP) is 5.22. The Morgan fingerprint density at radius 3 is 2.59 bits per heavy atom. The Morgan fingerprint density at radius 1 is 1.15 bits per heavy atom. The number of hydrogen-bond donors (Lipinski definition) is 1. The monoisotopic (exact) mass is 563 g/mol. The Kier molecular flexibility index (Phi) is 7.43. The number of aromatic nitrogens is 2. The minimum absolute atomic E-state index is 0.00686. The fourth-order valence-electron chi connectivity index (χ4n) is 5.92. The average molecular weight is 564 g/mol. The summed E-state index contributed by atoms with van der Waals surface area (Å²) in [4.78, 5) is 0. The minimum Gasteiger partial charge on any atom is -0.395 e. The molecule has 1 aromatic heterocycles. The van der Waals surface area contributed by atoms with Crippen LogP contribution < -0.4 is 0 Å². The van der Waals surface area contributed by atoms with Crippen molar-refractivity contribution in [2.24, 2.45) is 5.92 Å². The molecule has 1 heterocycles. The first-order valence-corrected chi connectivity index (χ1v) is 14.4. The quantitative estimate of drug-likeness (QED) is 0.301. The van der Waals surface area contributed by atoms with E-state index in [4.69, 9.17) is 0 Å². The van der Waals surface area contributed by atoms with Crippen LogP contribution in [0.15, 0.2) is 65.9 Å². The molecule has 2 aliphatic rings. The number of rotatable bonds is 8. The van der Waals surface area contributed by atoms with Gasteiger partial charge in [0.1, 0.15) is 5.82 Å². The van der Waals surface area contributed by atoms with Gasteiger partial charge in [0.05, 0.1) is 35.5 Å². The van der Waals surface area contributed by atoms with E-state index in [0.717, 1.165) is 41.9 Å². The molecule has 11 heteroatoms. The Hall–Kier alpha value is -3.02. The molecule has 6 nitrogen and oxygen atoms in total. The molecule has 0 aliphatic heterocycles. The van der Waals surface area contributed by atoms with Crippen LogP contribution >= 0.6 is 0 Å². The first-order chi connectivity index (χ1) is 18.5. The number of benzene rings is 2. The first-order valence-electron chi connectivity index (χ1n) is 12.8. The van der Waals surface area contributed by atoms with Crippen LogP contribution in [0, 0.1) is 11.7 Å². The average Bonchev–Trinajstić information content (AvgIpc) is 3.49. The van der Waals surface area contributed by atoms with Crippen LogP contribution in [0.25, 0.3) is 5.69 Å². The lowest BCUT2D eigenvalue weighted by Gasteiger charge is -2.30. The molecule has 0 bridgehead atoms. The zero-order valence-corrected chi connectivity index (χ0v) is 22.1.